The average Bonchev–Trinajstić information content (AvgIpc) is 2.74. The molecule has 2 heteroatoms. The number of ether oxygens (including phenoxy) is 1. The van der Waals surface area contributed by atoms with E-state index in [0.717, 1.165) is 19.6 Å². The van der Waals surface area contributed by atoms with Gasteiger partial charge in [-0.1, -0.05) is 23.8 Å². The second kappa shape index (κ2) is 4.98. The largest absolute Gasteiger partial charge is 0.380 e. The molecule has 0 radical (unpaired) electrons. The molecule has 1 aromatic carbocycles. The zero-order valence-electron chi connectivity index (χ0n) is 10.4. The molecule has 0 amide bonds. The van der Waals surface area contributed by atoms with E-state index < -0.39 is 0 Å². The number of benzene rings is 1. The van der Waals surface area contributed by atoms with Crippen molar-refractivity contribution in [3.63, 3.8) is 0 Å². The van der Waals surface area contributed by atoms with Crippen LogP contribution >= 0.6 is 0 Å². The molecule has 2 rings (SSSR count). The topological polar surface area (TPSA) is 21.3 Å². The predicted octanol–water partition coefficient (Wildman–Crippen LogP) is 2.74. The van der Waals surface area contributed by atoms with Gasteiger partial charge in [-0.15, -0.1) is 0 Å². The minimum atomic E-state index is 0.409. The molecule has 0 aliphatic carbocycles. The minimum absolute atomic E-state index is 0.409. The lowest BCUT2D eigenvalue weighted by Crippen LogP contribution is -2.32. The highest BCUT2D eigenvalue weighted by molar-refractivity contribution is 5.32. The molecule has 88 valence electrons. The van der Waals surface area contributed by atoms with Crippen LogP contribution in [-0.4, -0.2) is 19.3 Å². The molecule has 16 heavy (non-hydrogen) atoms. The number of rotatable bonds is 3. The summed E-state index contributed by atoms with van der Waals surface area (Å²) in [6.45, 7) is 8.32. The second-order valence-electron chi connectivity index (χ2n) is 4.81. The van der Waals surface area contributed by atoms with Crippen LogP contribution in [0.5, 0.6) is 0 Å². The van der Waals surface area contributed by atoms with E-state index in [1.54, 1.807) is 0 Å². The predicted molar refractivity (Wildman–Crippen MR) is 66.7 cm³/mol. The lowest BCUT2D eigenvalue weighted by Gasteiger charge is -2.20. The Bertz CT molecular complexity index is 356. The van der Waals surface area contributed by atoms with Crippen molar-refractivity contribution in [3.8, 4) is 0 Å². The lowest BCUT2D eigenvalue weighted by molar-refractivity contribution is 0.188. The Hall–Kier alpha value is -0.860. The van der Waals surface area contributed by atoms with E-state index in [9.17, 15) is 0 Å². The van der Waals surface area contributed by atoms with Gasteiger partial charge in [0.05, 0.1) is 6.61 Å². The van der Waals surface area contributed by atoms with E-state index in [2.05, 4.69) is 44.3 Å². The summed E-state index contributed by atoms with van der Waals surface area (Å²) in [5.74, 6) is 0. The molecule has 1 fully saturated rings. The highest BCUT2D eigenvalue weighted by atomic mass is 16.5. The molecule has 2 unspecified atom stereocenters. The molecular weight excluding hydrogens is 198 g/mol. The normalized spacial score (nSPS) is 22.3. The third kappa shape index (κ3) is 2.63. The van der Waals surface area contributed by atoms with Gasteiger partial charge in [0.25, 0.3) is 0 Å². The van der Waals surface area contributed by atoms with E-state index in [0.29, 0.717) is 12.1 Å². The summed E-state index contributed by atoms with van der Waals surface area (Å²) in [6.07, 6.45) is 1.13. The highest BCUT2D eigenvalue weighted by Crippen LogP contribution is 2.20. The van der Waals surface area contributed by atoms with Crippen molar-refractivity contribution in [3.05, 3.63) is 34.9 Å². The van der Waals surface area contributed by atoms with Crippen LogP contribution in [0.15, 0.2) is 18.2 Å². The Morgan fingerprint density at radius 1 is 1.38 bits per heavy atom. The average molecular weight is 219 g/mol. The van der Waals surface area contributed by atoms with E-state index in [-0.39, 0.29) is 0 Å². The number of aryl methyl sites for hydroxylation is 2. The molecule has 1 heterocycles. The van der Waals surface area contributed by atoms with E-state index >= 15 is 0 Å². The molecular formula is C14H21NO. The summed E-state index contributed by atoms with van der Waals surface area (Å²) in [6, 6.07) is 7.59. The summed E-state index contributed by atoms with van der Waals surface area (Å²) in [4.78, 5) is 0. The van der Waals surface area contributed by atoms with Gasteiger partial charge in [0.15, 0.2) is 0 Å². The third-order valence-electron chi connectivity index (χ3n) is 3.32. The maximum Gasteiger partial charge on any atom is 0.0620 e. The van der Waals surface area contributed by atoms with Crippen molar-refractivity contribution in [1.29, 1.82) is 0 Å². The fraction of sp³-hybridized carbons (Fsp3) is 0.571. The van der Waals surface area contributed by atoms with Crippen LogP contribution < -0.4 is 5.32 Å². The Kier molecular flexibility index (Phi) is 3.62. The summed E-state index contributed by atoms with van der Waals surface area (Å²) in [5.41, 5.74) is 4.10. The molecule has 0 bridgehead atoms. The summed E-state index contributed by atoms with van der Waals surface area (Å²) in [5, 5.41) is 3.64. The fourth-order valence-electron chi connectivity index (χ4n) is 2.34. The number of hydrogen-bond acceptors (Lipinski definition) is 2. The van der Waals surface area contributed by atoms with Crippen LogP contribution in [0.1, 0.15) is 36.1 Å². The van der Waals surface area contributed by atoms with Gasteiger partial charge in [-0.2, -0.15) is 0 Å². The van der Waals surface area contributed by atoms with Gasteiger partial charge in [-0.25, -0.2) is 0 Å². The molecule has 2 atom stereocenters. The Morgan fingerprint density at radius 2 is 2.19 bits per heavy atom. The summed E-state index contributed by atoms with van der Waals surface area (Å²) in [7, 11) is 0. The Labute approximate surface area is 98.0 Å². The van der Waals surface area contributed by atoms with Crippen LogP contribution in [0.3, 0.4) is 0 Å². The second-order valence-corrected chi connectivity index (χ2v) is 4.81. The smallest absolute Gasteiger partial charge is 0.0620 e. The maximum absolute atomic E-state index is 5.39. The molecule has 1 aliphatic rings. The maximum atomic E-state index is 5.39. The fourth-order valence-corrected chi connectivity index (χ4v) is 2.34. The Balaban J connectivity index is 2.07. The summed E-state index contributed by atoms with van der Waals surface area (Å²) >= 11 is 0. The zero-order chi connectivity index (χ0) is 11.5. The molecule has 1 N–H and O–H groups in total. The molecule has 2 nitrogen and oxygen atoms in total. The van der Waals surface area contributed by atoms with Crippen molar-refractivity contribution in [2.75, 3.05) is 13.2 Å². The van der Waals surface area contributed by atoms with E-state index in [1.165, 1.54) is 16.7 Å². The highest BCUT2D eigenvalue weighted by Gasteiger charge is 2.18. The minimum Gasteiger partial charge on any atom is -0.380 e. The van der Waals surface area contributed by atoms with Crippen molar-refractivity contribution in [1.82, 2.24) is 5.32 Å². The van der Waals surface area contributed by atoms with Crippen molar-refractivity contribution < 1.29 is 4.74 Å². The van der Waals surface area contributed by atoms with Gasteiger partial charge < -0.3 is 10.1 Å². The SMILES string of the molecule is Cc1ccc(C)c(C(C)NC2CCOC2)c1. The van der Waals surface area contributed by atoms with Gasteiger partial charge in [0.1, 0.15) is 0 Å². The first kappa shape index (κ1) is 11.6. The first-order valence-corrected chi connectivity index (χ1v) is 6.08. The van der Waals surface area contributed by atoms with E-state index in [4.69, 9.17) is 4.74 Å². The van der Waals surface area contributed by atoms with Crippen LogP contribution in [0.4, 0.5) is 0 Å². The molecule has 1 saturated heterocycles. The molecule has 0 aromatic heterocycles. The number of nitrogens with one attached hydrogen (secondary N) is 1. The van der Waals surface area contributed by atoms with Crippen LogP contribution in [-0.2, 0) is 4.74 Å². The first-order valence-electron chi connectivity index (χ1n) is 6.08. The monoisotopic (exact) mass is 219 g/mol. The van der Waals surface area contributed by atoms with Gasteiger partial charge >= 0.3 is 0 Å². The lowest BCUT2D eigenvalue weighted by atomic mass is 9.99. The van der Waals surface area contributed by atoms with Crippen molar-refractivity contribution in [2.24, 2.45) is 0 Å². The van der Waals surface area contributed by atoms with Gasteiger partial charge in [0.2, 0.25) is 0 Å². The zero-order valence-corrected chi connectivity index (χ0v) is 10.4. The van der Waals surface area contributed by atoms with Crippen molar-refractivity contribution in [2.45, 2.75) is 39.3 Å². The number of hydrogen-bond donors (Lipinski definition) is 1. The quantitative estimate of drug-likeness (QED) is 0.844. The van der Waals surface area contributed by atoms with Gasteiger partial charge in [0, 0.05) is 18.7 Å². The van der Waals surface area contributed by atoms with Gasteiger partial charge in [-0.3, -0.25) is 0 Å². The van der Waals surface area contributed by atoms with Crippen LogP contribution in [0.2, 0.25) is 0 Å². The molecule has 1 aromatic rings. The molecule has 0 saturated carbocycles. The Morgan fingerprint density at radius 3 is 2.88 bits per heavy atom. The molecule has 0 spiro atoms. The van der Waals surface area contributed by atoms with Gasteiger partial charge in [-0.05, 0) is 38.3 Å². The van der Waals surface area contributed by atoms with Crippen LogP contribution in [0, 0.1) is 13.8 Å². The van der Waals surface area contributed by atoms with Crippen molar-refractivity contribution >= 4 is 0 Å². The summed E-state index contributed by atoms with van der Waals surface area (Å²) < 4.78 is 5.39. The standard InChI is InChI=1S/C14H21NO/c1-10-4-5-11(2)14(8-10)12(3)15-13-6-7-16-9-13/h4-5,8,12-13,15H,6-7,9H2,1-3H3. The third-order valence-corrected chi connectivity index (χ3v) is 3.32. The van der Waals surface area contributed by atoms with E-state index in [1.807, 2.05) is 0 Å². The van der Waals surface area contributed by atoms with Crippen LogP contribution in [0.25, 0.3) is 0 Å². The molecule has 1 aliphatic heterocycles. The first-order chi connectivity index (χ1) is 7.66.